The molecule has 0 aliphatic rings. The highest BCUT2D eigenvalue weighted by atomic mass is 35.5. The van der Waals surface area contributed by atoms with Crippen LogP contribution in [0.4, 0.5) is 10.5 Å². The van der Waals surface area contributed by atoms with Gasteiger partial charge in [0, 0.05) is 36.1 Å². The Balaban J connectivity index is 1.94. The molecule has 150 valence electrons. The van der Waals surface area contributed by atoms with E-state index in [2.05, 4.69) is 21.3 Å². The maximum atomic E-state index is 11.9. The number of aryl methyl sites for hydroxylation is 1. The topological polar surface area (TPSA) is 79.1 Å². The number of hydrogen-bond donors (Lipinski definition) is 2. The van der Waals surface area contributed by atoms with Crippen molar-refractivity contribution in [2.45, 2.75) is 19.9 Å². The van der Waals surface area contributed by atoms with Crippen molar-refractivity contribution in [2.24, 2.45) is 0 Å². The first-order valence-electron chi connectivity index (χ1n) is 9.44. The monoisotopic (exact) mass is 410 g/mol. The number of rotatable bonds is 7. The number of benzene rings is 2. The van der Waals surface area contributed by atoms with E-state index in [1.807, 2.05) is 49.4 Å². The predicted molar refractivity (Wildman–Crippen MR) is 117 cm³/mol. The normalized spacial score (nSPS) is 10.6. The van der Waals surface area contributed by atoms with E-state index in [0.717, 1.165) is 34.3 Å². The zero-order chi connectivity index (χ0) is 20.8. The van der Waals surface area contributed by atoms with Gasteiger partial charge in [-0.2, -0.15) is 5.26 Å². The lowest BCUT2D eigenvalue weighted by Crippen LogP contribution is -2.29. The van der Waals surface area contributed by atoms with Crippen LogP contribution in [-0.4, -0.2) is 30.1 Å². The van der Waals surface area contributed by atoms with E-state index < -0.39 is 0 Å². The molecule has 0 saturated carbocycles. The molecule has 1 heterocycles. The van der Waals surface area contributed by atoms with Crippen molar-refractivity contribution in [3.63, 3.8) is 0 Å². The molecule has 6 nitrogen and oxygen atoms in total. The highest BCUT2D eigenvalue weighted by Crippen LogP contribution is 2.35. The fraction of sp³-hybridized carbons (Fsp3) is 0.273. The number of methoxy groups -OCH3 is 1. The Bertz CT molecular complexity index is 1050. The van der Waals surface area contributed by atoms with Crippen molar-refractivity contribution < 1.29 is 9.53 Å². The Morgan fingerprint density at radius 2 is 2.00 bits per heavy atom. The summed E-state index contributed by atoms with van der Waals surface area (Å²) in [7, 11) is 1.63. The molecular formula is C22H23ClN4O2. The molecule has 0 spiro atoms. The number of amides is 2. The predicted octanol–water partition coefficient (Wildman–Crippen LogP) is 4.96. The van der Waals surface area contributed by atoms with Gasteiger partial charge in [0.15, 0.2) is 0 Å². The second kappa shape index (κ2) is 9.35. The number of nitriles is 1. The molecule has 0 fully saturated rings. The largest absolute Gasteiger partial charge is 0.497 e. The van der Waals surface area contributed by atoms with Crippen molar-refractivity contribution in [3.8, 4) is 23.1 Å². The van der Waals surface area contributed by atoms with Crippen LogP contribution in [0, 0.1) is 11.3 Å². The number of ether oxygens (including phenoxy) is 1. The summed E-state index contributed by atoms with van der Waals surface area (Å²) in [5.74, 6) is 1.26. The summed E-state index contributed by atoms with van der Waals surface area (Å²) in [5.41, 5.74) is 4.03. The van der Waals surface area contributed by atoms with Crippen LogP contribution in [0.2, 0.25) is 0 Å². The van der Waals surface area contributed by atoms with Gasteiger partial charge in [0.1, 0.15) is 11.8 Å². The maximum Gasteiger partial charge on any atom is 0.319 e. The van der Waals surface area contributed by atoms with Crippen LogP contribution in [0.15, 0.2) is 42.5 Å². The smallest absolute Gasteiger partial charge is 0.319 e. The highest BCUT2D eigenvalue weighted by molar-refractivity contribution is 6.17. The number of nitrogens with zero attached hydrogens (tertiary/aromatic N) is 2. The van der Waals surface area contributed by atoms with Gasteiger partial charge >= 0.3 is 6.03 Å². The lowest BCUT2D eigenvalue weighted by atomic mass is 10.1. The lowest BCUT2D eigenvalue weighted by Gasteiger charge is -2.11. The Kier molecular flexibility index (Phi) is 6.63. The minimum atomic E-state index is -0.268. The minimum absolute atomic E-state index is 0.268. The number of carbonyl (C=O) groups excluding carboxylic acids is 1. The van der Waals surface area contributed by atoms with Gasteiger partial charge in [-0.05, 0) is 43.2 Å². The average molecular weight is 411 g/mol. The molecule has 3 aromatic rings. The molecule has 0 atom stereocenters. The van der Waals surface area contributed by atoms with E-state index in [4.69, 9.17) is 16.3 Å². The molecule has 0 saturated heterocycles. The first-order valence-corrected chi connectivity index (χ1v) is 9.98. The van der Waals surface area contributed by atoms with E-state index in [9.17, 15) is 10.1 Å². The molecule has 3 rings (SSSR count). The molecule has 2 N–H and O–H groups in total. The van der Waals surface area contributed by atoms with Crippen LogP contribution in [0.5, 0.6) is 5.75 Å². The minimum Gasteiger partial charge on any atom is -0.497 e. The quantitative estimate of drug-likeness (QED) is 0.426. The maximum absolute atomic E-state index is 11.9. The SMILES string of the molecule is CCn1c(-c2ccc(NC(=O)NCCCCl)cc2)c(C#N)c2ccc(OC)cc21. The van der Waals surface area contributed by atoms with Gasteiger partial charge in [-0.15, -0.1) is 11.6 Å². The Hall–Kier alpha value is -3.17. The van der Waals surface area contributed by atoms with Gasteiger partial charge in [0.05, 0.1) is 23.9 Å². The number of carbonyl (C=O) groups is 1. The fourth-order valence-corrected chi connectivity index (χ4v) is 3.49. The summed E-state index contributed by atoms with van der Waals surface area (Å²) in [4.78, 5) is 11.9. The van der Waals surface area contributed by atoms with Gasteiger partial charge < -0.3 is 19.9 Å². The van der Waals surface area contributed by atoms with E-state index in [1.54, 1.807) is 7.11 Å². The van der Waals surface area contributed by atoms with Crippen molar-refractivity contribution in [2.75, 3.05) is 24.9 Å². The van der Waals surface area contributed by atoms with Crippen molar-refractivity contribution >= 4 is 34.2 Å². The van der Waals surface area contributed by atoms with Gasteiger partial charge in [0.2, 0.25) is 0 Å². The number of aromatic nitrogens is 1. The fourth-order valence-electron chi connectivity index (χ4n) is 3.35. The van der Waals surface area contributed by atoms with Gasteiger partial charge in [-0.1, -0.05) is 12.1 Å². The van der Waals surface area contributed by atoms with Crippen LogP contribution in [0.25, 0.3) is 22.2 Å². The molecule has 0 aliphatic heterocycles. The highest BCUT2D eigenvalue weighted by Gasteiger charge is 2.18. The number of anilines is 1. The number of alkyl halides is 1. The number of halogens is 1. The summed E-state index contributed by atoms with van der Waals surface area (Å²) in [6, 6.07) is 15.3. The zero-order valence-electron chi connectivity index (χ0n) is 16.5. The van der Waals surface area contributed by atoms with E-state index >= 15 is 0 Å². The molecular weight excluding hydrogens is 388 g/mol. The zero-order valence-corrected chi connectivity index (χ0v) is 17.2. The van der Waals surface area contributed by atoms with E-state index in [0.29, 0.717) is 30.2 Å². The van der Waals surface area contributed by atoms with Crippen molar-refractivity contribution in [1.82, 2.24) is 9.88 Å². The van der Waals surface area contributed by atoms with Gasteiger partial charge in [-0.3, -0.25) is 0 Å². The second-order valence-corrected chi connectivity index (χ2v) is 6.84. The van der Waals surface area contributed by atoms with E-state index in [1.165, 1.54) is 0 Å². The Morgan fingerprint density at radius 1 is 1.24 bits per heavy atom. The van der Waals surface area contributed by atoms with Crippen LogP contribution in [-0.2, 0) is 6.54 Å². The number of hydrogen-bond acceptors (Lipinski definition) is 3. The van der Waals surface area contributed by atoms with Gasteiger partial charge in [0.25, 0.3) is 0 Å². The Morgan fingerprint density at radius 3 is 2.62 bits per heavy atom. The first kappa shape index (κ1) is 20.6. The second-order valence-electron chi connectivity index (χ2n) is 6.46. The summed E-state index contributed by atoms with van der Waals surface area (Å²) >= 11 is 5.61. The molecule has 1 aromatic heterocycles. The molecule has 7 heteroatoms. The molecule has 29 heavy (non-hydrogen) atoms. The lowest BCUT2D eigenvalue weighted by molar-refractivity contribution is 0.252. The Labute approximate surface area is 175 Å². The van der Waals surface area contributed by atoms with Crippen molar-refractivity contribution in [1.29, 1.82) is 5.26 Å². The first-order chi connectivity index (χ1) is 14.1. The van der Waals surface area contributed by atoms with Crippen molar-refractivity contribution in [3.05, 3.63) is 48.0 Å². The average Bonchev–Trinajstić information content (AvgIpc) is 3.07. The third-order valence-electron chi connectivity index (χ3n) is 4.71. The summed E-state index contributed by atoms with van der Waals surface area (Å²) < 4.78 is 7.46. The summed E-state index contributed by atoms with van der Waals surface area (Å²) in [6.07, 6.45) is 0.719. The van der Waals surface area contributed by atoms with Crippen LogP contribution in [0.3, 0.4) is 0 Å². The third kappa shape index (κ3) is 4.30. The molecule has 2 aromatic carbocycles. The number of nitrogens with one attached hydrogen (secondary N) is 2. The summed E-state index contributed by atoms with van der Waals surface area (Å²) in [5, 5.41) is 16.3. The van der Waals surface area contributed by atoms with Gasteiger partial charge in [-0.25, -0.2) is 4.79 Å². The molecule has 0 unspecified atom stereocenters. The van der Waals surface area contributed by atoms with E-state index in [-0.39, 0.29) is 6.03 Å². The summed E-state index contributed by atoms with van der Waals surface area (Å²) in [6.45, 7) is 3.29. The molecule has 0 radical (unpaired) electrons. The molecule has 2 amide bonds. The molecule has 0 bridgehead atoms. The van der Waals surface area contributed by atoms with Crippen LogP contribution >= 0.6 is 11.6 Å². The number of urea groups is 1. The standard InChI is InChI=1S/C22H23ClN4O2/c1-3-27-20-13-17(29-2)9-10-18(20)19(14-24)21(27)15-5-7-16(8-6-15)26-22(28)25-12-4-11-23/h5-10,13H,3-4,11-12H2,1-2H3,(H2,25,26,28). The molecule has 0 aliphatic carbocycles. The van der Waals surface area contributed by atoms with Crippen LogP contribution < -0.4 is 15.4 Å². The van der Waals surface area contributed by atoms with Crippen LogP contribution in [0.1, 0.15) is 18.9 Å². The third-order valence-corrected chi connectivity index (χ3v) is 4.98. The number of fused-ring (bicyclic) bond motifs is 1.